The molecule has 18 heavy (non-hydrogen) atoms. The zero-order valence-corrected chi connectivity index (χ0v) is 10.3. The van der Waals surface area contributed by atoms with Gasteiger partial charge < -0.3 is 11.1 Å². The first-order chi connectivity index (χ1) is 8.66. The molecule has 4 N–H and O–H groups in total. The number of anilines is 2. The SMILES string of the molecule is Nc1cc(Cl)c(F)cc1NCCCc1ncn[nH]1. The largest absolute Gasteiger partial charge is 0.397 e. The summed E-state index contributed by atoms with van der Waals surface area (Å²) in [6.07, 6.45) is 3.07. The van der Waals surface area contributed by atoms with E-state index >= 15 is 0 Å². The van der Waals surface area contributed by atoms with E-state index in [0.29, 0.717) is 17.9 Å². The Bertz CT molecular complexity index is 514. The molecule has 0 fully saturated rings. The summed E-state index contributed by atoms with van der Waals surface area (Å²) in [6.45, 7) is 0.659. The third-order valence-corrected chi connectivity index (χ3v) is 2.75. The number of aromatic amines is 1. The number of aryl methyl sites for hydroxylation is 1. The van der Waals surface area contributed by atoms with Crippen LogP contribution in [0.25, 0.3) is 0 Å². The molecule has 0 aliphatic rings. The minimum Gasteiger partial charge on any atom is -0.397 e. The van der Waals surface area contributed by atoms with Gasteiger partial charge in [-0.05, 0) is 12.5 Å². The minimum absolute atomic E-state index is 0.0275. The molecule has 1 aromatic carbocycles. The van der Waals surface area contributed by atoms with E-state index < -0.39 is 5.82 Å². The molecular formula is C11H13ClFN5. The summed E-state index contributed by atoms with van der Waals surface area (Å²) in [5, 5.41) is 9.61. The molecule has 1 heterocycles. The number of nitrogen functional groups attached to an aromatic ring is 1. The third-order valence-electron chi connectivity index (χ3n) is 2.46. The summed E-state index contributed by atoms with van der Waals surface area (Å²) in [5.41, 5.74) is 6.71. The van der Waals surface area contributed by atoms with Gasteiger partial charge in [-0.2, -0.15) is 5.10 Å². The number of hydrogen-bond donors (Lipinski definition) is 3. The van der Waals surface area contributed by atoms with Crippen molar-refractivity contribution in [2.75, 3.05) is 17.6 Å². The van der Waals surface area contributed by atoms with E-state index in [0.717, 1.165) is 18.7 Å². The maximum absolute atomic E-state index is 13.2. The highest BCUT2D eigenvalue weighted by Crippen LogP contribution is 2.25. The molecule has 96 valence electrons. The monoisotopic (exact) mass is 269 g/mol. The molecule has 0 amide bonds. The number of benzene rings is 1. The molecule has 0 radical (unpaired) electrons. The molecule has 7 heteroatoms. The maximum Gasteiger partial charge on any atom is 0.143 e. The lowest BCUT2D eigenvalue weighted by Crippen LogP contribution is -2.06. The Morgan fingerprint density at radius 3 is 3.00 bits per heavy atom. The van der Waals surface area contributed by atoms with Gasteiger partial charge in [0.15, 0.2) is 0 Å². The fraction of sp³-hybridized carbons (Fsp3) is 0.273. The van der Waals surface area contributed by atoms with Gasteiger partial charge in [-0.1, -0.05) is 11.6 Å². The third kappa shape index (κ3) is 3.10. The zero-order chi connectivity index (χ0) is 13.0. The second-order valence-electron chi connectivity index (χ2n) is 3.82. The molecule has 0 saturated carbocycles. The van der Waals surface area contributed by atoms with Crippen LogP contribution >= 0.6 is 11.6 Å². The lowest BCUT2D eigenvalue weighted by molar-refractivity contribution is 0.628. The Morgan fingerprint density at radius 1 is 1.44 bits per heavy atom. The van der Waals surface area contributed by atoms with Crippen LogP contribution in [0.4, 0.5) is 15.8 Å². The average Bonchev–Trinajstić information content (AvgIpc) is 2.84. The summed E-state index contributed by atoms with van der Waals surface area (Å²) in [7, 11) is 0. The summed E-state index contributed by atoms with van der Waals surface area (Å²) in [4.78, 5) is 4.01. The van der Waals surface area contributed by atoms with Crippen LogP contribution in [0.1, 0.15) is 12.2 Å². The summed E-state index contributed by atoms with van der Waals surface area (Å²) in [5.74, 6) is 0.343. The fourth-order valence-corrected chi connectivity index (χ4v) is 1.72. The number of aromatic nitrogens is 3. The van der Waals surface area contributed by atoms with Crippen molar-refractivity contribution in [3.05, 3.63) is 35.1 Å². The lowest BCUT2D eigenvalue weighted by atomic mass is 10.2. The van der Waals surface area contributed by atoms with E-state index in [1.54, 1.807) is 0 Å². The number of halogens is 2. The number of H-pyrrole nitrogens is 1. The maximum atomic E-state index is 13.2. The first kappa shape index (κ1) is 12.6. The highest BCUT2D eigenvalue weighted by atomic mass is 35.5. The van der Waals surface area contributed by atoms with Crippen LogP contribution in [0.15, 0.2) is 18.5 Å². The number of hydrogen-bond acceptors (Lipinski definition) is 4. The van der Waals surface area contributed by atoms with Crippen molar-refractivity contribution in [2.24, 2.45) is 0 Å². The van der Waals surface area contributed by atoms with Crippen molar-refractivity contribution in [3.63, 3.8) is 0 Å². The van der Waals surface area contributed by atoms with Crippen LogP contribution in [-0.4, -0.2) is 21.7 Å². The Balaban J connectivity index is 1.85. The van der Waals surface area contributed by atoms with Gasteiger partial charge in [0.25, 0.3) is 0 Å². The fourth-order valence-electron chi connectivity index (χ4n) is 1.55. The Hall–Kier alpha value is -1.82. The summed E-state index contributed by atoms with van der Waals surface area (Å²) in [6, 6.07) is 2.70. The smallest absolute Gasteiger partial charge is 0.143 e. The zero-order valence-electron chi connectivity index (χ0n) is 9.58. The number of nitrogens with one attached hydrogen (secondary N) is 2. The molecular weight excluding hydrogens is 257 g/mol. The van der Waals surface area contributed by atoms with Crippen molar-refractivity contribution in [2.45, 2.75) is 12.8 Å². The molecule has 0 bridgehead atoms. The molecule has 0 aliphatic carbocycles. The van der Waals surface area contributed by atoms with Crippen molar-refractivity contribution in [1.29, 1.82) is 0 Å². The van der Waals surface area contributed by atoms with E-state index in [9.17, 15) is 4.39 Å². The Kier molecular flexibility index (Phi) is 3.99. The molecule has 5 nitrogen and oxygen atoms in total. The van der Waals surface area contributed by atoms with E-state index in [1.165, 1.54) is 18.5 Å². The van der Waals surface area contributed by atoms with Gasteiger partial charge in [0, 0.05) is 19.0 Å². The average molecular weight is 270 g/mol. The van der Waals surface area contributed by atoms with Crippen LogP contribution in [-0.2, 0) is 6.42 Å². The second-order valence-corrected chi connectivity index (χ2v) is 4.22. The van der Waals surface area contributed by atoms with Crippen LogP contribution in [0.5, 0.6) is 0 Å². The number of nitrogens with zero attached hydrogens (tertiary/aromatic N) is 2. The molecule has 1 aromatic heterocycles. The summed E-state index contributed by atoms with van der Waals surface area (Å²) < 4.78 is 13.2. The molecule has 0 aliphatic heterocycles. The molecule has 0 unspecified atom stereocenters. The molecule has 0 saturated heterocycles. The van der Waals surface area contributed by atoms with E-state index in [1.807, 2.05) is 0 Å². The van der Waals surface area contributed by atoms with Crippen LogP contribution in [0, 0.1) is 5.82 Å². The Labute approximate surface area is 109 Å². The van der Waals surface area contributed by atoms with Crippen molar-refractivity contribution in [3.8, 4) is 0 Å². The predicted molar refractivity (Wildman–Crippen MR) is 69.0 cm³/mol. The van der Waals surface area contributed by atoms with Crippen LogP contribution in [0.2, 0.25) is 5.02 Å². The van der Waals surface area contributed by atoms with E-state index in [4.69, 9.17) is 17.3 Å². The van der Waals surface area contributed by atoms with Gasteiger partial charge in [-0.25, -0.2) is 9.37 Å². The number of rotatable bonds is 5. The highest BCUT2D eigenvalue weighted by Gasteiger charge is 2.05. The number of nitrogens with two attached hydrogens (primary N) is 1. The topological polar surface area (TPSA) is 79.6 Å². The quantitative estimate of drug-likeness (QED) is 0.574. The molecule has 0 spiro atoms. The molecule has 2 aromatic rings. The van der Waals surface area contributed by atoms with Gasteiger partial charge in [0.1, 0.15) is 18.0 Å². The van der Waals surface area contributed by atoms with Gasteiger partial charge in [-0.3, -0.25) is 5.10 Å². The van der Waals surface area contributed by atoms with Crippen LogP contribution in [0.3, 0.4) is 0 Å². The van der Waals surface area contributed by atoms with E-state index in [-0.39, 0.29) is 5.02 Å². The minimum atomic E-state index is -0.483. The van der Waals surface area contributed by atoms with Gasteiger partial charge >= 0.3 is 0 Å². The van der Waals surface area contributed by atoms with Crippen molar-refractivity contribution < 1.29 is 4.39 Å². The van der Waals surface area contributed by atoms with Gasteiger partial charge in [0.2, 0.25) is 0 Å². The first-order valence-electron chi connectivity index (χ1n) is 5.49. The van der Waals surface area contributed by atoms with Crippen molar-refractivity contribution >= 4 is 23.0 Å². The highest BCUT2D eigenvalue weighted by molar-refractivity contribution is 6.31. The first-order valence-corrected chi connectivity index (χ1v) is 5.87. The summed E-state index contributed by atoms with van der Waals surface area (Å²) >= 11 is 5.61. The standard InChI is InChI=1S/C11H13ClFN5/c12-7-4-9(14)10(5-8(7)13)15-3-1-2-11-16-6-17-18-11/h4-6,15H,1-3,14H2,(H,16,17,18). The normalized spacial score (nSPS) is 10.6. The van der Waals surface area contributed by atoms with Crippen molar-refractivity contribution in [1.82, 2.24) is 15.2 Å². The van der Waals surface area contributed by atoms with E-state index in [2.05, 4.69) is 20.5 Å². The van der Waals surface area contributed by atoms with Gasteiger partial charge in [-0.15, -0.1) is 0 Å². The van der Waals surface area contributed by atoms with Gasteiger partial charge in [0.05, 0.1) is 16.4 Å². The lowest BCUT2D eigenvalue weighted by Gasteiger charge is -2.09. The molecule has 2 rings (SSSR count). The Morgan fingerprint density at radius 2 is 2.28 bits per heavy atom. The predicted octanol–water partition coefficient (Wildman–Crippen LogP) is 2.22. The molecule has 0 atom stereocenters. The second kappa shape index (κ2) is 5.68. The van der Waals surface area contributed by atoms with Crippen LogP contribution < -0.4 is 11.1 Å².